The molecule has 4 atom stereocenters. The van der Waals surface area contributed by atoms with Crippen molar-refractivity contribution in [2.75, 3.05) is 13.2 Å². The minimum atomic E-state index is -1.10. The van der Waals surface area contributed by atoms with Crippen LogP contribution < -0.4 is 15.2 Å². The van der Waals surface area contributed by atoms with Crippen molar-refractivity contribution in [1.82, 2.24) is 0 Å². The molecule has 244 valence electrons. The number of hydrogen-bond donors (Lipinski definition) is 1. The number of esters is 1. The second-order valence-corrected chi connectivity index (χ2v) is 10.7. The van der Waals surface area contributed by atoms with E-state index >= 15 is 0 Å². The van der Waals surface area contributed by atoms with Crippen LogP contribution >= 0.6 is 0 Å². The highest BCUT2D eigenvalue weighted by Crippen LogP contribution is 2.30. The fourth-order valence-corrected chi connectivity index (χ4v) is 3.36. The van der Waals surface area contributed by atoms with Crippen LogP contribution in [0.15, 0.2) is 18.2 Å². The van der Waals surface area contributed by atoms with E-state index in [4.69, 9.17) is 38.9 Å². The molecule has 0 spiro atoms. The van der Waals surface area contributed by atoms with Crippen LogP contribution in [-0.4, -0.2) is 62.0 Å². The van der Waals surface area contributed by atoms with Gasteiger partial charge in [0.15, 0.2) is 11.5 Å². The number of hydrogen-bond acceptors (Lipinski definition) is 12. The number of unbranched alkanes of at least 4 members (excludes halogenated alkanes) is 4. The van der Waals surface area contributed by atoms with Gasteiger partial charge in [0.2, 0.25) is 0 Å². The smallest absolute Gasteiger partial charge is 0.458 e. The first-order valence-electron chi connectivity index (χ1n) is 15.0. The van der Waals surface area contributed by atoms with Gasteiger partial charge in [0, 0.05) is 0 Å². The summed E-state index contributed by atoms with van der Waals surface area (Å²) in [6.07, 6.45) is 0.373. The van der Waals surface area contributed by atoms with E-state index in [9.17, 15) is 19.2 Å². The maximum atomic E-state index is 12.7. The molecule has 12 heteroatoms. The number of benzene rings is 1. The number of carbonyl (C=O) groups is 4. The van der Waals surface area contributed by atoms with E-state index in [0.29, 0.717) is 18.4 Å². The molecule has 43 heavy (non-hydrogen) atoms. The highest BCUT2D eigenvalue weighted by molar-refractivity contribution is 5.76. The number of nitrogens with two attached hydrogens (primary N) is 1. The third kappa shape index (κ3) is 15.5. The molecule has 1 rings (SSSR count). The van der Waals surface area contributed by atoms with Crippen molar-refractivity contribution in [3.05, 3.63) is 23.8 Å². The summed E-state index contributed by atoms with van der Waals surface area (Å²) in [5.41, 5.74) is 6.59. The summed E-state index contributed by atoms with van der Waals surface area (Å²) >= 11 is 0. The first kappa shape index (κ1) is 37.5. The van der Waals surface area contributed by atoms with Gasteiger partial charge in [0.25, 0.3) is 0 Å². The van der Waals surface area contributed by atoms with Crippen molar-refractivity contribution in [2.24, 2.45) is 11.7 Å². The second-order valence-electron chi connectivity index (χ2n) is 10.7. The Morgan fingerprint density at radius 3 is 1.72 bits per heavy atom. The number of ether oxygens (including phenoxy) is 7. The fraction of sp³-hybridized carbons (Fsp3) is 0.677. The molecule has 0 bridgehead atoms. The summed E-state index contributed by atoms with van der Waals surface area (Å²) in [6, 6.07) is 3.28. The van der Waals surface area contributed by atoms with Gasteiger partial charge in [-0.25, -0.2) is 14.4 Å². The Morgan fingerprint density at radius 1 is 0.674 bits per heavy atom. The lowest BCUT2D eigenvalue weighted by atomic mass is 10.1. The summed E-state index contributed by atoms with van der Waals surface area (Å²) < 4.78 is 36.6. The van der Waals surface area contributed by atoms with Crippen molar-refractivity contribution in [1.29, 1.82) is 0 Å². The zero-order valence-corrected chi connectivity index (χ0v) is 26.6. The lowest BCUT2D eigenvalue weighted by Gasteiger charge is -2.23. The van der Waals surface area contributed by atoms with Crippen LogP contribution in [0.1, 0.15) is 92.6 Å². The Kier molecular flexibility index (Phi) is 17.8. The molecule has 1 unspecified atom stereocenters. The van der Waals surface area contributed by atoms with E-state index < -0.39 is 42.7 Å². The minimum Gasteiger partial charge on any atom is -0.458 e. The molecular weight excluding hydrogens is 562 g/mol. The summed E-state index contributed by atoms with van der Waals surface area (Å²) in [6.45, 7) is 13.1. The van der Waals surface area contributed by atoms with Crippen molar-refractivity contribution in [2.45, 2.75) is 118 Å². The van der Waals surface area contributed by atoms with Crippen LogP contribution in [0.25, 0.3) is 0 Å². The van der Waals surface area contributed by atoms with Gasteiger partial charge >= 0.3 is 24.4 Å². The summed E-state index contributed by atoms with van der Waals surface area (Å²) in [5, 5.41) is 0. The maximum absolute atomic E-state index is 12.7. The van der Waals surface area contributed by atoms with E-state index in [1.54, 1.807) is 26.8 Å². The molecule has 0 saturated heterocycles. The predicted molar refractivity (Wildman–Crippen MR) is 158 cm³/mol. The van der Waals surface area contributed by atoms with E-state index in [1.165, 1.54) is 12.1 Å². The molecule has 0 heterocycles. The van der Waals surface area contributed by atoms with Crippen LogP contribution in [0.4, 0.5) is 14.4 Å². The van der Waals surface area contributed by atoms with E-state index in [-0.39, 0.29) is 43.2 Å². The summed E-state index contributed by atoms with van der Waals surface area (Å²) in [7, 11) is 0. The standard InChI is InChI=1S/C31H49NO11/c1-8-10-12-16-37-29(34)42-26-15-14-24(19-27(26)43-30(35)38-17-13-11-9-2)18-25(32)28(33)39-22(6)23(7)41-31(36)40-21(5)20(3)4/h14-15,19-23,25H,8-13,16-18,32H2,1-7H3/t21?,22-,23-,25-/m0/s1. The van der Waals surface area contributed by atoms with Gasteiger partial charge in [-0.1, -0.05) is 59.4 Å². The molecule has 2 N–H and O–H groups in total. The first-order valence-corrected chi connectivity index (χ1v) is 15.0. The zero-order valence-electron chi connectivity index (χ0n) is 26.6. The van der Waals surface area contributed by atoms with Crippen molar-refractivity contribution in [3.8, 4) is 11.5 Å². The molecule has 0 aliphatic heterocycles. The third-order valence-electron chi connectivity index (χ3n) is 6.55. The zero-order chi connectivity index (χ0) is 32.4. The molecule has 0 saturated carbocycles. The van der Waals surface area contributed by atoms with Crippen molar-refractivity contribution < 1.29 is 52.3 Å². The van der Waals surface area contributed by atoms with Crippen LogP contribution in [0.2, 0.25) is 0 Å². The number of carbonyl (C=O) groups excluding carboxylic acids is 4. The first-order chi connectivity index (χ1) is 20.4. The average Bonchev–Trinajstić information content (AvgIpc) is 2.94. The molecule has 0 amide bonds. The lowest BCUT2D eigenvalue weighted by molar-refractivity contribution is -0.155. The van der Waals surface area contributed by atoms with Gasteiger partial charge in [-0.3, -0.25) is 4.79 Å². The summed E-state index contributed by atoms with van der Waals surface area (Å²) in [5.74, 6) is -0.790. The highest BCUT2D eigenvalue weighted by Gasteiger charge is 2.26. The third-order valence-corrected chi connectivity index (χ3v) is 6.55. The van der Waals surface area contributed by atoms with Gasteiger partial charge in [-0.2, -0.15) is 0 Å². The Morgan fingerprint density at radius 2 is 1.19 bits per heavy atom. The molecule has 0 aliphatic carbocycles. The molecule has 12 nitrogen and oxygen atoms in total. The van der Waals surface area contributed by atoms with Gasteiger partial charge in [-0.05, 0) is 63.6 Å². The lowest BCUT2D eigenvalue weighted by Crippen LogP contribution is -2.39. The molecule has 0 aromatic heterocycles. The Labute approximate surface area is 254 Å². The van der Waals surface area contributed by atoms with Gasteiger partial charge < -0.3 is 38.9 Å². The molecule has 0 radical (unpaired) electrons. The SMILES string of the molecule is CCCCCOC(=O)Oc1ccc(C[C@H](N)C(=O)O[C@@H](C)[C@H](C)OC(=O)OC(C)C(C)C)cc1OC(=O)OCCCCC. The second kappa shape index (κ2) is 20.4. The Bertz CT molecular complexity index is 1010. The molecule has 1 aromatic carbocycles. The van der Waals surface area contributed by atoms with Crippen LogP contribution in [0.5, 0.6) is 11.5 Å². The van der Waals surface area contributed by atoms with Crippen LogP contribution in [-0.2, 0) is 34.9 Å². The maximum Gasteiger partial charge on any atom is 0.513 e. The van der Waals surface area contributed by atoms with E-state index in [2.05, 4.69) is 0 Å². The molecule has 0 fully saturated rings. The van der Waals surface area contributed by atoms with Gasteiger partial charge in [0.05, 0.1) is 13.2 Å². The minimum absolute atomic E-state index is 0.00160. The van der Waals surface area contributed by atoms with E-state index in [0.717, 1.165) is 25.7 Å². The van der Waals surface area contributed by atoms with E-state index in [1.807, 2.05) is 27.7 Å². The topological polar surface area (TPSA) is 159 Å². The van der Waals surface area contributed by atoms with Gasteiger partial charge in [0.1, 0.15) is 24.4 Å². The summed E-state index contributed by atoms with van der Waals surface area (Å²) in [4.78, 5) is 49.2. The molecular formula is C31H49NO11. The number of rotatable bonds is 18. The fourth-order valence-electron chi connectivity index (χ4n) is 3.36. The monoisotopic (exact) mass is 611 g/mol. The average molecular weight is 612 g/mol. The largest absolute Gasteiger partial charge is 0.513 e. The van der Waals surface area contributed by atoms with Crippen LogP contribution in [0, 0.1) is 5.92 Å². The predicted octanol–water partition coefficient (Wildman–Crippen LogP) is 6.49. The van der Waals surface area contributed by atoms with Crippen molar-refractivity contribution in [3.63, 3.8) is 0 Å². The van der Waals surface area contributed by atoms with Crippen molar-refractivity contribution >= 4 is 24.4 Å². The van der Waals surface area contributed by atoms with Crippen LogP contribution in [0.3, 0.4) is 0 Å². The highest BCUT2D eigenvalue weighted by atomic mass is 16.8. The Balaban J connectivity index is 2.87. The Hall–Kier alpha value is -3.54. The molecule has 1 aromatic rings. The quantitative estimate of drug-likeness (QED) is 0.0834. The van der Waals surface area contributed by atoms with Gasteiger partial charge in [-0.15, -0.1) is 0 Å². The normalized spacial score (nSPS) is 13.7. The molecule has 0 aliphatic rings.